The highest BCUT2D eigenvalue weighted by molar-refractivity contribution is 7.11. The molecule has 0 amide bonds. The molecule has 2 aromatic heterocycles. The minimum Gasteiger partial charge on any atom is -0.357 e. The molecule has 0 aromatic carbocycles. The van der Waals surface area contributed by atoms with E-state index in [9.17, 15) is 4.39 Å². The first kappa shape index (κ1) is 20.5. The van der Waals surface area contributed by atoms with Crippen molar-refractivity contribution < 1.29 is 4.39 Å². The molecule has 3 heterocycles. The number of hydrogen-bond donors (Lipinski definition) is 2. The molecule has 1 aliphatic heterocycles. The van der Waals surface area contributed by atoms with Crippen molar-refractivity contribution >= 4 is 23.1 Å². The van der Waals surface area contributed by atoms with Crippen molar-refractivity contribution in [2.45, 2.75) is 46.2 Å². The number of hydrogen-bond acceptors (Lipinski definition) is 5. The number of pyridine rings is 1. The molecule has 1 atom stereocenters. The highest BCUT2D eigenvalue weighted by Gasteiger charge is 2.25. The largest absolute Gasteiger partial charge is 0.357 e. The average Bonchev–Trinajstić information content (AvgIpc) is 3.29. The van der Waals surface area contributed by atoms with Gasteiger partial charge < -0.3 is 15.5 Å². The molecular weight excluding hydrogens is 375 g/mol. The van der Waals surface area contributed by atoms with Gasteiger partial charge in [-0.05, 0) is 31.4 Å². The van der Waals surface area contributed by atoms with Crippen molar-refractivity contribution in [2.24, 2.45) is 10.9 Å². The van der Waals surface area contributed by atoms with Crippen LogP contribution in [0.5, 0.6) is 0 Å². The number of nitrogens with zero attached hydrogens (tertiary/aromatic N) is 4. The third-order valence-electron chi connectivity index (χ3n) is 4.49. The van der Waals surface area contributed by atoms with Crippen LogP contribution in [0.1, 0.15) is 37.1 Å². The van der Waals surface area contributed by atoms with Gasteiger partial charge in [0.25, 0.3) is 0 Å². The lowest BCUT2D eigenvalue weighted by atomic mass is 10.1. The van der Waals surface area contributed by atoms with E-state index >= 15 is 0 Å². The van der Waals surface area contributed by atoms with Crippen molar-refractivity contribution in [3.8, 4) is 0 Å². The van der Waals surface area contributed by atoms with Gasteiger partial charge in [-0.2, -0.15) is 0 Å². The SMILES string of the molecule is CCNC(=NCc1cnc(CC(C)C)s1)NC1CCN(c2ncccc2F)C1. The fourth-order valence-electron chi connectivity index (χ4n) is 3.22. The molecular formula is C20H29FN6S. The van der Waals surface area contributed by atoms with Crippen LogP contribution in [0, 0.1) is 11.7 Å². The lowest BCUT2D eigenvalue weighted by Gasteiger charge is -2.19. The predicted molar refractivity (Wildman–Crippen MR) is 113 cm³/mol. The lowest BCUT2D eigenvalue weighted by Crippen LogP contribution is -2.44. The van der Waals surface area contributed by atoms with E-state index in [2.05, 4.69) is 41.4 Å². The van der Waals surface area contributed by atoms with E-state index in [-0.39, 0.29) is 11.9 Å². The van der Waals surface area contributed by atoms with Gasteiger partial charge in [0.15, 0.2) is 17.6 Å². The Morgan fingerprint density at radius 3 is 3.04 bits per heavy atom. The first-order valence-corrected chi connectivity index (χ1v) is 10.7. The van der Waals surface area contributed by atoms with Crippen molar-refractivity contribution in [3.63, 3.8) is 0 Å². The molecule has 1 unspecified atom stereocenters. The predicted octanol–water partition coefficient (Wildman–Crippen LogP) is 3.21. The van der Waals surface area contributed by atoms with Crippen molar-refractivity contribution in [3.05, 3.63) is 40.2 Å². The Bertz CT molecular complexity index is 791. The Balaban J connectivity index is 1.58. The van der Waals surface area contributed by atoms with E-state index in [1.165, 1.54) is 11.1 Å². The maximum atomic E-state index is 14.0. The van der Waals surface area contributed by atoms with Crippen LogP contribution < -0.4 is 15.5 Å². The molecule has 3 rings (SSSR count). The third kappa shape index (κ3) is 5.64. The maximum absolute atomic E-state index is 14.0. The second-order valence-electron chi connectivity index (χ2n) is 7.40. The van der Waals surface area contributed by atoms with Gasteiger partial charge in [-0.3, -0.25) is 0 Å². The van der Waals surface area contributed by atoms with E-state index < -0.39 is 0 Å². The Kier molecular flexibility index (Phi) is 7.19. The molecule has 28 heavy (non-hydrogen) atoms. The molecule has 0 aliphatic carbocycles. The number of halogens is 1. The van der Waals surface area contributed by atoms with Crippen molar-refractivity contribution in [1.82, 2.24) is 20.6 Å². The number of anilines is 1. The van der Waals surface area contributed by atoms with Gasteiger partial charge in [0, 0.05) is 49.4 Å². The first-order chi connectivity index (χ1) is 13.5. The Morgan fingerprint density at radius 2 is 2.29 bits per heavy atom. The summed E-state index contributed by atoms with van der Waals surface area (Å²) >= 11 is 1.73. The van der Waals surface area contributed by atoms with Crippen LogP contribution in [-0.2, 0) is 13.0 Å². The van der Waals surface area contributed by atoms with Crippen LogP contribution in [0.4, 0.5) is 10.2 Å². The minimum atomic E-state index is -0.272. The quantitative estimate of drug-likeness (QED) is 0.548. The summed E-state index contributed by atoms with van der Waals surface area (Å²) in [6.07, 6.45) is 5.48. The molecule has 0 saturated carbocycles. The Hall–Kier alpha value is -2.22. The molecule has 0 bridgehead atoms. The van der Waals surface area contributed by atoms with Crippen molar-refractivity contribution in [1.29, 1.82) is 0 Å². The standard InChI is InChI=1S/C20H29FN6S/c1-4-22-20(25-12-16-11-24-18(28-16)10-14(2)3)26-15-7-9-27(13-15)19-17(21)6-5-8-23-19/h5-6,8,11,14-15H,4,7,9-10,12-13H2,1-3H3,(H2,22,25,26). The normalized spacial score (nSPS) is 17.4. The first-order valence-electron chi connectivity index (χ1n) is 9.89. The van der Waals surface area contributed by atoms with E-state index in [4.69, 9.17) is 4.99 Å². The molecule has 1 aliphatic rings. The summed E-state index contributed by atoms with van der Waals surface area (Å²) in [5, 5.41) is 7.94. The van der Waals surface area contributed by atoms with Gasteiger partial charge in [0.2, 0.25) is 0 Å². The summed E-state index contributed by atoms with van der Waals surface area (Å²) in [4.78, 5) is 16.5. The van der Waals surface area contributed by atoms with Crippen LogP contribution in [0.15, 0.2) is 29.5 Å². The van der Waals surface area contributed by atoms with E-state index in [0.29, 0.717) is 24.8 Å². The number of rotatable bonds is 7. The van der Waals surface area contributed by atoms with Crippen LogP contribution in [0.3, 0.4) is 0 Å². The molecule has 0 radical (unpaired) electrons. The molecule has 8 heteroatoms. The van der Waals surface area contributed by atoms with E-state index in [1.54, 1.807) is 23.6 Å². The van der Waals surface area contributed by atoms with Gasteiger partial charge in [0.1, 0.15) is 0 Å². The lowest BCUT2D eigenvalue weighted by molar-refractivity contribution is 0.612. The summed E-state index contributed by atoms with van der Waals surface area (Å²) in [6.45, 7) is 9.34. The van der Waals surface area contributed by atoms with Crippen LogP contribution in [0.2, 0.25) is 0 Å². The minimum absolute atomic E-state index is 0.206. The van der Waals surface area contributed by atoms with Crippen molar-refractivity contribution in [2.75, 3.05) is 24.5 Å². The molecule has 2 N–H and O–H groups in total. The van der Waals surface area contributed by atoms with Gasteiger partial charge >= 0.3 is 0 Å². The van der Waals surface area contributed by atoms with Crippen LogP contribution >= 0.6 is 11.3 Å². The zero-order valence-electron chi connectivity index (χ0n) is 16.8. The van der Waals surface area contributed by atoms with Gasteiger partial charge in [-0.15, -0.1) is 11.3 Å². The number of aromatic nitrogens is 2. The Labute approximate surface area is 170 Å². The molecule has 6 nitrogen and oxygen atoms in total. The number of aliphatic imine (C=N–C) groups is 1. The zero-order chi connectivity index (χ0) is 19.9. The summed E-state index contributed by atoms with van der Waals surface area (Å²) in [5.74, 6) is 1.55. The summed E-state index contributed by atoms with van der Waals surface area (Å²) in [5.41, 5.74) is 0. The molecule has 1 fully saturated rings. The summed E-state index contributed by atoms with van der Waals surface area (Å²) < 4.78 is 14.0. The fourth-order valence-corrected chi connectivity index (χ4v) is 4.27. The topological polar surface area (TPSA) is 65.4 Å². The monoisotopic (exact) mass is 404 g/mol. The van der Waals surface area contributed by atoms with E-state index in [0.717, 1.165) is 36.8 Å². The van der Waals surface area contributed by atoms with E-state index in [1.807, 2.05) is 11.1 Å². The fraction of sp³-hybridized carbons (Fsp3) is 0.550. The number of thiazole rings is 1. The second-order valence-corrected chi connectivity index (χ2v) is 8.60. The van der Waals surface area contributed by atoms with Gasteiger partial charge in [0.05, 0.1) is 11.6 Å². The van der Waals surface area contributed by atoms with Gasteiger partial charge in [-0.1, -0.05) is 13.8 Å². The summed E-state index contributed by atoms with van der Waals surface area (Å²) in [7, 11) is 0. The third-order valence-corrected chi connectivity index (χ3v) is 5.49. The van der Waals surface area contributed by atoms with Crippen LogP contribution in [-0.4, -0.2) is 41.6 Å². The number of nitrogens with one attached hydrogen (secondary N) is 2. The smallest absolute Gasteiger partial charge is 0.191 e. The molecule has 2 aromatic rings. The summed E-state index contributed by atoms with van der Waals surface area (Å²) in [6, 6.07) is 3.28. The molecule has 0 spiro atoms. The second kappa shape index (κ2) is 9.82. The molecule has 1 saturated heterocycles. The highest BCUT2D eigenvalue weighted by Crippen LogP contribution is 2.21. The zero-order valence-corrected chi connectivity index (χ0v) is 17.6. The number of guanidine groups is 1. The maximum Gasteiger partial charge on any atom is 0.191 e. The highest BCUT2D eigenvalue weighted by atomic mass is 32.1. The van der Waals surface area contributed by atoms with Crippen LogP contribution in [0.25, 0.3) is 0 Å². The van der Waals surface area contributed by atoms with Gasteiger partial charge in [-0.25, -0.2) is 19.4 Å². The Morgan fingerprint density at radius 1 is 1.43 bits per heavy atom. The average molecular weight is 405 g/mol. The molecule has 152 valence electrons.